The van der Waals surface area contributed by atoms with Crippen LogP contribution >= 0.6 is 11.5 Å². The minimum atomic E-state index is 0.821. The number of nitrogens with one attached hydrogen (secondary N) is 1. The van der Waals surface area contributed by atoms with Gasteiger partial charge in [-0.1, -0.05) is 9.59 Å². The second-order valence-electron chi connectivity index (χ2n) is 4.07. The van der Waals surface area contributed by atoms with Crippen molar-refractivity contribution in [2.24, 2.45) is 5.92 Å². The maximum atomic E-state index is 3.95. The summed E-state index contributed by atoms with van der Waals surface area (Å²) in [6, 6.07) is 0. The van der Waals surface area contributed by atoms with E-state index < -0.39 is 0 Å². The van der Waals surface area contributed by atoms with Gasteiger partial charge in [0, 0.05) is 25.1 Å². The molecular weight excluding hydrogens is 210 g/mol. The van der Waals surface area contributed by atoms with E-state index in [-0.39, 0.29) is 0 Å². The van der Waals surface area contributed by atoms with Crippen LogP contribution in [0.1, 0.15) is 19.3 Å². The third-order valence-electron chi connectivity index (χ3n) is 2.89. The van der Waals surface area contributed by atoms with Crippen molar-refractivity contribution in [3.8, 4) is 0 Å². The molecule has 0 bridgehead atoms. The van der Waals surface area contributed by atoms with Crippen LogP contribution in [0, 0.1) is 5.92 Å². The average molecular weight is 227 g/mol. The maximum Gasteiger partial charge on any atom is 0.227 e. The Balaban J connectivity index is 1.73. The second-order valence-corrected chi connectivity index (χ2v) is 4.78. The molecule has 5 nitrogen and oxygen atoms in total. The molecule has 0 saturated carbocycles. The molecule has 84 valence electrons. The zero-order valence-corrected chi connectivity index (χ0v) is 9.83. The van der Waals surface area contributed by atoms with Crippen LogP contribution in [-0.4, -0.2) is 41.5 Å². The fraction of sp³-hybridized carbons (Fsp3) is 0.889. The Morgan fingerprint density at radius 2 is 2.53 bits per heavy atom. The van der Waals surface area contributed by atoms with E-state index in [2.05, 4.69) is 32.1 Å². The first-order chi connectivity index (χ1) is 7.36. The molecule has 1 N–H and O–H groups in total. The van der Waals surface area contributed by atoms with E-state index >= 15 is 0 Å². The van der Waals surface area contributed by atoms with Crippen molar-refractivity contribution >= 4 is 16.7 Å². The molecule has 1 aliphatic rings. The van der Waals surface area contributed by atoms with Gasteiger partial charge in [0.2, 0.25) is 5.13 Å². The Hall–Kier alpha value is -0.750. The predicted octanol–water partition coefficient (Wildman–Crippen LogP) is 0.759. The van der Waals surface area contributed by atoms with Crippen molar-refractivity contribution in [3.63, 3.8) is 0 Å². The molecule has 6 heteroatoms. The Morgan fingerprint density at radius 1 is 1.60 bits per heavy atom. The average Bonchev–Trinajstić information content (AvgIpc) is 2.81. The third-order valence-corrected chi connectivity index (χ3v) is 3.60. The maximum absolute atomic E-state index is 3.95. The highest BCUT2D eigenvalue weighted by Crippen LogP contribution is 2.17. The lowest BCUT2D eigenvalue weighted by Crippen LogP contribution is -2.32. The standard InChI is InChI=1S/C9H17N5S/c1-14(9-11-12-13-15-9)6-4-8-3-2-5-10-7-8/h8,10H,2-7H2,1H3. The van der Waals surface area contributed by atoms with Crippen molar-refractivity contribution in [3.05, 3.63) is 0 Å². The minimum Gasteiger partial charge on any atom is -0.348 e. The summed E-state index contributed by atoms with van der Waals surface area (Å²) >= 11 is 1.36. The van der Waals surface area contributed by atoms with Gasteiger partial charge in [-0.05, 0) is 43.5 Å². The first-order valence-corrected chi connectivity index (χ1v) is 6.20. The molecule has 2 heterocycles. The largest absolute Gasteiger partial charge is 0.348 e. The zero-order chi connectivity index (χ0) is 10.5. The van der Waals surface area contributed by atoms with Crippen molar-refractivity contribution < 1.29 is 0 Å². The summed E-state index contributed by atoms with van der Waals surface area (Å²) in [5.41, 5.74) is 0. The molecule has 2 rings (SSSR count). The lowest BCUT2D eigenvalue weighted by Gasteiger charge is -2.24. The van der Waals surface area contributed by atoms with Gasteiger partial charge < -0.3 is 10.2 Å². The monoisotopic (exact) mass is 227 g/mol. The Kier molecular flexibility index (Phi) is 3.85. The summed E-state index contributed by atoms with van der Waals surface area (Å²) in [6.07, 6.45) is 3.90. The first-order valence-electron chi connectivity index (χ1n) is 5.43. The van der Waals surface area contributed by atoms with Gasteiger partial charge in [-0.2, -0.15) is 0 Å². The van der Waals surface area contributed by atoms with Gasteiger partial charge in [0.15, 0.2) is 0 Å². The molecule has 1 fully saturated rings. The SMILES string of the molecule is CN(CCC1CCCNC1)c1nnns1. The summed E-state index contributed by atoms with van der Waals surface area (Å²) in [6.45, 7) is 3.40. The number of hydrogen-bond donors (Lipinski definition) is 1. The van der Waals surface area contributed by atoms with Crippen molar-refractivity contribution in [1.82, 2.24) is 20.1 Å². The quantitative estimate of drug-likeness (QED) is 0.823. The molecular formula is C9H17N5S. The zero-order valence-electron chi connectivity index (χ0n) is 9.02. The topological polar surface area (TPSA) is 53.9 Å². The lowest BCUT2D eigenvalue weighted by molar-refractivity contribution is 0.360. The summed E-state index contributed by atoms with van der Waals surface area (Å²) < 4.78 is 3.76. The van der Waals surface area contributed by atoms with Crippen LogP contribution in [0.15, 0.2) is 0 Å². The summed E-state index contributed by atoms with van der Waals surface area (Å²) in [4.78, 5) is 2.14. The Morgan fingerprint density at radius 3 is 3.20 bits per heavy atom. The van der Waals surface area contributed by atoms with E-state index in [9.17, 15) is 0 Å². The number of rotatable bonds is 4. The van der Waals surface area contributed by atoms with Gasteiger partial charge in [-0.3, -0.25) is 0 Å². The van der Waals surface area contributed by atoms with Crippen LogP contribution < -0.4 is 10.2 Å². The van der Waals surface area contributed by atoms with Gasteiger partial charge in [-0.25, -0.2) is 0 Å². The fourth-order valence-electron chi connectivity index (χ4n) is 1.92. The van der Waals surface area contributed by atoms with E-state index in [1.54, 1.807) is 0 Å². The van der Waals surface area contributed by atoms with Crippen molar-refractivity contribution in [2.75, 3.05) is 31.6 Å². The van der Waals surface area contributed by atoms with Crippen LogP contribution in [0.3, 0.4) is 0 Å². The normalized spacial score (nSPS) is 21.5. The second kappa shape index (κ2) is 5.37. The van der Waals surface area contributed by atoms with Crippen molar-refractivity contribution in [2.45, 2.75) is 19.3 Å². The highest BCUT2D eigenvalue weighted by Gasteiger charge is 2.14. The van der Waals surface area contributed by atoms with Gasteiger partial charge in [0.1, 0.15) is 0 Å². The smallest absolute Gasteiger partial charge is 0.227 e. The molecule has 0 aliphatic carbocycles. The van der Waals surface area contributed by atoms with Gasteiger partial charge in [0.25, 0.3) is 0 Å². The number of aromatic nitrogens is 3. The van der Waals surface area contributed by atoms with E-state index in [4.69, 9.17) is 0 Å². The molecule has 0 radical (unpaired) electrons. The molecule has 1 aromatic heterocycles. The molecule has 0 aromatic carbocycles. The minimum absolute atomic E-state index is 0.821. The van der Waals surface area contributed by atoms with Crippen LogP contribution in [0.25, 0.3) is 0 Å². The molecule has 1 unspecified atom stereocenters. The third kappa shape index (κ3) is 3.10. The van der Waals surface area contributed by atoms with Crippen LogP contribution in [-0.2, 0) is 0 Å². The van der Waals surface area contributed by atoms with Crippen LogP contribution in [0.4, 0.5) is 5.13 Å². The highest BCUT2D eigenvalue weighted by atomic mass is 32.1. The summed E-state index contributed by atoms with van der Waals surface area (Å²) in [7, 11) is 2.05. The summed E-state index contributed by atoms with van der Waals surface area (Å²) in [5.74, 6) is 0.821. The fourth-order valence-corrected chi connectivity index (χ4v) is 2.37. The van der Waals surface area contributed by atoms with Gasteiger partial charge >= 0.3 is 0 Å². The highest BCUT2D eigenvalue weighted by molar-refractivity contribution is 7.09. The Labute approximate surface area is 94.0 Å². The molecule has 0 spiro atoms. The van der Waals surface area contributed by atoms with Gasteiger partial charge in [-0.15, -0.1) is 0 Å². The lowest BCUT2D eigenvalue weighted by atomic mass is 9.96. The van der Waals surface area contributed by atoms with E-state index in [1.165, 1.54) is 43.9 Å². The number of hydrogen-bond acceptors (Lipinski definition) is 6. The molecule has 1 saturated heterocycles. The number of nitrogens with zero attached hydrogens (tertiary/aromatic N) is 4. The van der Waals surface area contributed by atoms with Crippen LogP contribution in [0.5, 0.6) is 0 Å². The number of anilines is 1. The molecule has 15 heavy (non-hydrogen) atoms. The first kappa shape index (κ1) is 10.8. The summed E-state index contributed by atoms with van der Waals surface area (Å²) in [5, 5.41) is 11.9. The molecule has 1 atom stereocenters. The predicted molar refractivity (Wildman–Crippen MR) is 61.2 cm³/mol. The molecule has 0 amide bonds. The van der Waals surface area contributed by atoms with Crippen molar-refractivity contribution in [1.29, 1.82) is 0 Å². The molecule has 1 aliphatic heterocycles. The van der Waals surface area contributed by atoms with E-state index in [1.807, 2.05) is 0 Å². The Bertz CT molecular complexity index is 270. The van der Waals surface area contributed by atoms with E-state index in [0.29, 0.717) is 0 Å². The molecule has 1 aromatic rings. The number of piperidine rings is 1. The van der Waals surface area contributed by atoms with Crippen LogP contribution in [0.2, 0.25) is 0 Å². The van der Waals surface area contributed by atoms with E-state index in [0.717, 1.165) is 17.6 Å². The van der Waals surface area contributed by atoms with Gasteiger partial charge in [0.05, 0.1) is 0 Å².